The monoisotopic (exact) mass is 498 g/mol. The number of amides is 1. The van der Waals surface area contributed by atoms with Crippen LogP contribution in [-0.4, -0.2) is 44.9 Å². The molecule has 1 N–H and O–H groups in total. The zero-order valence-electron chi connectivity index (χ0n) is 15.9. The van der Waals surface area contributed by atoms with E-state index in [1.807, 2.05) is 0 Å². The van der Waals surface area contributed by atoms with Crippen LogP contribution >= 0.6 is 15.9 Å². The predicted octanol–water partition coefficient (Wildman–Crippen LogP) is 3.40. The van der Waals surface area contributed by atoms with Crippen molar-refractivity contribution in [3.8, 4) is 11.5 Å². The Morgan fingerprint density at radius 1 is 1.07 bits per heavy atom. The Labute approximate surface area is 182 Å². The number of hydrogen-bond donors (Lipinski definition) is 1. The van der Waals surface area contributed by atoms with Gasteiger partial charge in [0.15, 0.2) is 11.5 Å². The number of fused-ring (bicyclic) bond motifs is 1. The number of halogens is 2. The molecule has 0 spiro atoms. The lowest BCUT2D eigenvalue weighted by atomic mass is 9.97. The van der Waals surface area contributed by atoms with E-state index < -0.39 is 15.8 Å². The number of ether oxygens (including phenoxy) is 2. The third kappa shape index (κ3) is 4.30. The van der Waals surface area contributed by atoms with Crippen LogP contribution in [0.4, 0.5) is 10.1 Å². The molecule has 7 nitrogen and oxygen atoms in total. The van der Waals surface area contributed by atoms with Crippen LogP contribution in [0.1, 0.15) is 12.8 Å². The van der Waals surface area contributed by atoms with Crippen LogP contribution in [0.15, 0.2) is 45.8 Å². The molecule has 0 aromatic heterocycles. The fourth-order valence-corrected chi connectivity index (χ4v) is 5.34. The Hall–Kier alpha value is -2.17. The molecule has 2 heterocycles. The number of rotatable bonds is 4. The molecule has 1 amide bonds. The van der Waals surface area contributed by atoms with Gasteiger partial charge in [-0.05, 0) is 43.2 Å². The van der Waals surface area contributed by atoms with Gasteiger partial charge in [0, 0.05) is 29.5 Å². The zero-order valence-corrected chi connectivity index (χ0v) is 18.3. The van der Waals surface area contributed by atoms with Crippen LogP contribution in [0, 0.1) is 11.7 Å². The number of hydrogen-bond acceptors (Lipinski definition) is 5. The zero-order chi connectivity index (χ0) is 21.3. The number of nitrogens with one attached hydrogen (secondary N) is 1. The summed E-state index contributed by atoms with van der Waals surface area (Å²) in [6.45, 7) is 1.21. The molecule has 1 saturated heterocycles. The molecule has 0 bridgehead atoms. The van der Waals surface area contributed by atoms with Crippen molar-refractivity contribution in [3.63, 3.8) is 0 Å². The summed E-state index contributed by atoms with van der Waals surface area (Å²) in [5.41, 5.74) is 0.106. The first-order chi connectivity index (χ1) is 14.3. The third-order valence-corrected chi connectivity index (χ3v) is 7.55. The Bertz CT molecular complexity index is 1070. The summed E-state index contributed by atoms with van der Waals surface area (Å²) in [4.78, 5) is 12.6. The third-order valence-electron chi connectivity index (χ3n) is 5.17. The second-order valence-corrected chi connectivity index (χ2v) is 9.95. The van der Waals surface area contributed by atoms with Crippen molar-refractivity contribution in [2.45, 2.75) is 17.7 Å². The van der Waals surface area contributed by atoms with Crippen molar-refractivity contribution >= 4 is 37.5 Å². The maximum absolute atomic E-state index is 14.0. The number of carbonyl (C=O) groups is 1. The second-order valence-electron chi connectivity index (χ2n) is 7.10. The molecule has 0 saturated carbocycles. The van der Waals surface area contributed by atoms with Gasteiger partial charge < -0.3 is 14.8 Å². The smallest absolute Gasteiger partial charge is 0.243 e. The van der Waals surface area contributed by atoms with Gasteiger partial charge in [-0.2, -0.15) is 4.31 Å². The van der Waals surface area contributed by atoms with E-state index in [4.69, 9.17) is 9.47 Å². The highest BCUT2D eigenvalue weighted by atomic mass is 79.9. The quantitative estimate of drug-likeness (QED) is 0.698. The summed E-state index contributed by atoms with van der Waals surface area (Å²) in [7, 11) is -3.71. The van der Waals surface area contributed by atoms with Gasteiger partial charge in [-0.25, -0.2) is 12.8 Å². The van der Waals surface area contributed by atoms with E-state index in [2.05, 4.69) is 21.2 Å². The average molecular weight is 499 g/mol. The molecule has 0 unspecified atom stereocenters. The molecule has 0 atom stereocenters. The van der Waals surface area contributed by atoms with Gasteiger partial charge in [-0.3, -0.25) is 4.79 Å². The van der Waals surface area contributed by atoms with Crippen LogP contribution in [0.5, 0.6) is 11.5 Å². The number of sulfonamides is 1. The highest BCUT2D eigenvalue weighted by molar-refractivity contribution is 9.10. The van der Waals surface area contributed by atoms with E-state index in [0.29, 0.717) is 42.0 Å². The van der Waals surface area contributed by atoms with Crippen LogP contribution < -0.4 is 14.8 Å². The van der Waals surface area contributed by atoms with Crippen molar-refractivity contribution in [2.75, 3.05) is 31.6 Å². The maximum Gasteiger partial charge on any atom is 0.243 e. The van der Waals surface area contributed by atoms with Gasteiger partial charge in [0.05, 0.1) is 10.6 Å². The van der Waals surface area contributed by atoms with Crippen molar-refractivity contribution in [1.82, 2.24) is 4.31 Å². The summed E-state index contributed by atoms with van der Waals surface area (Å²) in [5.74, 6) is -0.299. The summed E-state index contributed by atoms with van der Waals surface area (Å²) in [5, 5.41) is 2.59. The van der Waals surface area contributed by atoms with Crippen molar-refractivity contribution in [2.24, 2.45) is 5.92 Å². The first-order valence-electron chi connectivity index (χ1n) is 9.50. The van der Waals surface area contributed by atoms with Gasteiger partial charge in [0.25, 0.3) is 0 Å². The highest BCUT2D eigenvalue weighted by Crippen LogP contribution is 2.34. The molecule has 2 aliphatic rings. The van der Waals surface area contributed by atoms with Gasteiger partial charge >= 0.3 is 0 Å². The normalized spacial score (nSPS) is 17.5. The minimum absolute atomic E-state index is 0.106. The Morgan fingerprint density at radius 3 is 2.47 bits per heavy atom. The molecule has 10 heteroatoms. The molecular weight excluding hydrogens is 479 g/mol. The lowest BCUT2D eigenvalue weighted by Gasteiger charge is -2.31. The van der Waals surface area contributed by atoms with Crippen molar-refractivity contribution in [1.29, 1.82) is 0 Å². The van der Waals surface area contributed by atoms with Gasteiger partial charge in [-0.1, -0.05) is 15.9 Å². The minimum Gasteiger partial charge on any atom is -0.486 e. The van der Waals surface area contributed by atoms with Crippen molar-refractivity contribution in [3.05, 3.63) is 46.7 Å². The number of anilines is 1. The first-order valence-corrected chi connectivity index (χ1v) is 11.7. The summed E-state index contributed by atoms with van der Waals surface area (Å²) < 4.78 is 52.8. The number of piperidine rings is 1. The lowest BCUT2D eigenvalue weighted by molar-refractivity contribution is -0.120. The molecule has 2 aromatic carbocycles. The Balaban J connectivity index is 1.40. The molecule has 2 aromatic rings. The van der Waals surface area contributed by atoms with Gasteiger partial charge in [-0.15, -0.1) is 0 Å². The SMILES string of the molecule is O=C(Nc1ccc(Br)cc1F)C1CCN(S(=O)(=O)c2ccc3c(c2)OCCO3)CC1. The number of nitrogens with zero attached hydrogens (tertiary/aromatic N) is 1. The molecule has 0 radical (unpaired) electrons. The number of benzene rings is 2. The predicted molar refractivity (Wildman–Crippen MR) is 112 cm³/mol. The minimum atomic E-state index is -3.71. The Morgan fingerprint density at radius 2 is 1.77 bits per heavy atom. The highest BCUT2D eigenvalue weighted by Gasteiger charge is 2.33. The summed E-state index contributed by atoms with van der Waals surface area (Å²) >= 11 is 3.17. The second kappa shape index (κ2) is 8.52. The molecule has 160 valence electrons. The van der Waals surface area contributed by atoms with E-state index in [0.717, 1.165) is 0 Å². The van der Waals surface area contributed by atoms with E-state index in [1.165, 1.54) is 28.6 Å². The molecule has 2 aliphatic heterocycles. The topological polar surface area (TPSA) is 84.9 Å². The average Bonchev–Trinajstić information content (AvgIpc) is 2.75. The molecule has 1 fully saturated rings. The molecular formula is C20H20BrFN2O5S. The number of carbonyl (C=O) groups excluding carboxylic acids is 1. The van der Waals surface area contributed by atoms with E-state index in [9.17, 15) is 17.6 Å². The largest absolute Gasteiger partial charge is 0.486 e. The Kier molecular flexibility index (Phi) is 5.99. The van der Waals surface area contributed by atoms with Crippen LogP contribution in [0.2, 0.25) is 0 Å². The standard InChI is InChI=1S/C20H20BrFN2O5S/c21-14-1-3-17(16(22)11-14)23-20(25)13-5-7-24(8-6-13)30(26,27)15-2-4-18-19(12-15)29-10-9-28-18/h1-4,11-13H,5-10H2,(H,23,25). The molecule has 0 aliphatic carbocycles. The lowest BCUT2D eigenvalue weighted by Crippen LogP contribution is -2.41. The van der Waals surface area contributed by atoms with E-state index in [-0.39, 0.29) is 35.5 Å². The maximum atomic E-state index is 14.0. The fraction of sp³-hybridized carbons (Fsp3) is 0.350. The van der Waals surface area contributed by atoms with Crippen LogP contribution in [-0.2, 0) is 14.8 Å². The van der Waals surface area contributed by atoms with E-state index >= 15 is 0 Å². The molecule has 30 heavy (non-hydrogen) atoms. The van der Waals surface area contributed by atoms with Crippen LogP contribution in [0.3, 0.4) is 0 Å². The molecule has 4 rings (SSSR count). The first kappa shape index (κ1) is 21.1. The van der Waals surface area contributed by atoms with Gasteiger partial charge in [0.2, 0.25) is 15.9 Å². The van der Waals surface area contributed by atoms with Gasteiger partial charge in [0.1, 0.15) is 19.0 Å². The van der Waals surface area contributed by atoms with Crippen LogP contribution in [0.25, 0.3) is 0 Å². The van der Waals surface area contributed by atoms with E-state index in [1.54, 1.807) is 12.1 Å². The van der Waals surface area contributed by atoms with Crippen molar-refractivity contribution < 1.29 is 27.1 Å². The summed E-state index contributed by atoms with van der Waals surface area (Å²) in [6.07, 6.45) is 0.710. The summed E-state index contributed by atoms with van der Waals surface area (Å²) in [6, 6.07) is 8.96. The fourth-order valence-electron chi connectivity index (χ4n) is 3.52.